The minimum Gasteiger partial charge on any atom is -0.452 e. The number of carbonyl (C=O) groups is 2. The molecule has 0 N–H and O–H groups in total. The van der Waals surface area contributed by atoms with Crippen LogP contribution in [0, 0.1) is 13.8 Å². The van der Waals surface area contributed by atoms with Crippen molar-refractivity contribution in [3.63, 3.8) is 0 Å². The second-order valence-corrected chi connectivity index (χ2v) is 6.69. The number of nitrogens with zero attached hydrogens (tertiary/aromatic N) is 3. The smallest absolute Gasteiger partial charge is 0.338 e. The molecule has 1 amide bonds. The molecule has 0 saturated heterocycles. The van der Waals surface area contributed by atoms with Gasteiger partial charge in [-0.15, -0.1) is 0 Å². The van der Waals surface area contributed by atoms with Gasteiger partial charge in [-0.1, -0.05) is 30.0 Å². The minimum absolute atomic E-state index is 0.260. The van der Waals surface area contributed by atoms with E-state index in [1.807, 2.05) is 32.0 Å². The summed E-state index contributed by atoms with van der Waals surface area (Å²) in [5.74, 6) is -0.230. The van der Waals surface area contributed by atoms with E-state index in [0.717, 1.165) is 17.0 Å². The Kier molecular flexibility index (Phi) is 6.52. The summed E-state index contributed by atoms with van der Waals surface area (Å²) in [5, 5.41) is 0.670. The van der Waals surface area contributed by atoms with Crippen LogP contribution in [0.2, 0.25) is 0 Å². The van der Waals surface area contributed by atoms with Crippen LogP contribution in [-0.2, 0) is 15.3 Å². The van der Waals surface area contributed by atoms with Gasteiger partial charge in [-0.2, -0.15) is 0 Å². The topological polar surface area (TPSA) is 72.4 Å². The number of rotatable bonds is 6. The molecule has 0 unspecified atom stereocenters. The van der Waals surface area contributed by atoms with Crippen molar-refractivity contribution in [2.75, 3.05) is 20.7 Å². The molecule has 0 atom stereocenters. The van der Waals surface area contributed by atoms with Crippen LogP contribution in [-0.4, -0.2) is 47.4 Å². The molecule has 2 rings (SSSR count). The molecule has 1 aromatic carbocycles. The van der Waals surface area contributed by atoms with Crippen LogP contribution in [0.5, 0.6) is 0 Å². The van der Waals surface area contributed by atoms with Gasteiger partial charge < -0.3 is 9.64 Å². The Morgan fingerprint density at radius 3 is 2.40 bits per heavy atom. The van der Waals surface area contributed by atoms with Crippen LogP contribution in [0.15, 0.2) is 35.5 Å². The highest BCUT2D eigenvalue weighted by atomic mass is 32.2. The van der Waals surface area contributed by atoms with Crippen molar-refractivity contribution in [1.82, 2.24) is 14.9 Å². The first-order valence-electron chi connectivity index (χ1n) is 7.77. The summed E-state index contributed by atoms with van der Waals surface area (Å²) in [7, 11) is 3.23. The minimum atomic E-state index is -0.507. The molecule has 0 aliphatic carbocycles. The van der Waals surface area contributed by atoms with Crippen LogP contribution in [0.3, 0.4) is 0 Å². The summed E-state index contributed by atoms with van der Waals surface area (Å²) in [5.41, 5.74) is 3.08. The quantitative estimate of drug-likeness (QED) is 0.448. The molecule has 0 fully saturated rings. The van der Waals surface area contributed by atoms with E-state index in [9.17, 15) is 9.59 Å². The van der Waals surface area contributed by atoms with E-state index in [4.69, 9.17) is 4.74 Å². The molecule has 25 heavy (non-hydrogen) atoms. The van der Waals surface area contributed by atoms with Gasteiger partial charge in [-0.05, 0) is 31.5 Å². The number of aryl methyl sites for hydroxylation is 2. The highest BCUT2D eigenvalue weighted by Gasteiger charge is 2.15. The predicted molar refractivity (Wildman–Crippen MR) is 96.5 cm³/mol. The monoisotopic (exact) mass is 359 g/mol. The predicted octanol–water partition coefficient (Wildman–Crippen LogP) is 2.63. The zero-order chi connectivity index (χ0) is 18.4. The van der Waals surface area contributed by atoms with E-state index in [1.165, 1.54) is 16.7 Å². The van der Waals surface area contributed by atoms with Crippen molar-refractivity contribution >= 4 is 23.6 Å². The number of aromatic nitrogens is 2. The average Bonchev–Trinajstić information content (AvgIpc) is 2.56. The van der Waals surface area contributed by atoms with Crippen molar-refractivity contribution < 1.29 is 14.3 Å². The third-order valence-electron chi connectivity index (χ3n) is 3.38. The Bertz CT molecular complexity index is 758. The number of esters is 1. The number of likely N-dealkylation sites (N-methyl/N-ethyl adjacent to an activating group) is 1. The Balaban J connectivity index is 2.07. The van der Waals surface area contributed by atoms with E-state index in [1.54, 1.807) is 26.2 Å². The van der Waals surface area contributed by atoms with Gasteiger partial charge in [0.15, 0.2) is 11.8 Å². The molecule has 0 bridgehead atoms. The maximum atomic E-state index is 12.3. The molecule has 6 nitrogen and oxygen atoms in total. The lowest BCUT2D eigenvalue weighted by Gasteiger charge is -2.12. The third kappa shape index (κ3) is 5.56. The van der Waals surface area contributed by atoms with Gasteiger partial charge in [0.1, 0.15) is 0 Å². The van der Waals surface area contributed by atoms with Crippen molar-refractivity contribution in [3.05, 3.63) is 52.8 Å². The SMILES string of the molecule is Cc1cc(C)nc(SCc2ccccc2C(=O)OCC(=O)N(C)C)n1. The van der Waals surface area contributed by atoms with Gasteiger partial charge in [0.25, 0.3) is 5.91 Å². The van der Waals surface area contributed by atoms with Gasteiger partial charge in [0.2, 0.25) is 0 Å². The van der Waals surface area contributed by atoms with E-state index >= 15 is 0 Å². The summed E-state index contributed by atoms with van der Waals surface area (Å²) < 4.78 is 5.11. The second-order valence-electron chi connectivity index (χ2n) is 5.74. The Labute approximate surface area is 151 Å². The van der Waals surface area contributed by atoms with Crippen LogP contribution in [0.4, 0.5) is 0 Å². The molecule has 0 aliphatic rings. The fraction of sp³-hybridized carbons (Fsp3) is 0.333. The van der Waals surface area contributed by atoms with Gasteiger partial charge in [-0.25, -0.2) is 14.8 Å². The lowest BCUT2D eigenvalue weighted by Crippen LogP contribution is -2.27. The molecule has 1 aromatic heterocycles. The van der Waals surface area contributed by atoms with Crippen LogP contribution < -0.4 is 0 Å². The van der Waals surface area contributed by atoms with Crippen molar-refractivity contribution in [1.29, 1.82) is 0 Å². The van der Waals surface area contributed by atoms with E-state index in [2.05, 4.69) is 9.97 Å². The first-order chi connectivity index (χ1) is 11.9. The highest BCUT2D eigenvalue weighted by Crippen LogP contribution is 2.22. The molecule has 2 aromatic rings. The first-order valence-corrected chi connectivity index (χ1v) is 8.75. The van der Waals surface area contributed by atoms with Crippen LogP contribution in [0.25, 0.3) is 0 Å². The summed E-state index contributed by atoms with van der Waals surface area (Å²) in [6.07, 6.45) is 0. The zero-order valence-corrected chi connectivity index (χ0v) is 15.6. The molecule has 1 heterocycles. The summed E-state index contributed by atoms with van der Waals surface area (Å²) in [4.78, 5) is 34.0. The number of ether oxygens (including phenoxy) is 1. The largest absolute Gasteiger partial charge is 0.452 e. The van der Waals surface area contributed by atoms with E-state index in [-0.39, 0.29) is 12.5 Å². The Hall–Kier alpha value is -2.41. The number of carbonyl (C=O) groups excluding carboxylic acids is 2. The van der Waals surface area contributed by atoms with Crippen LogP contribution in [0.1, 0.15) is 27.3 Å². The standard InChI is InChI=1S/C18H21N3O3S/c1-12-9-13(2)20-18(19-12)25-11-14-7-5-6-8-15(14)17(23)24-10-16(22)21(3)4/h5-9H,10-11H2,1-4H3. The molecular weight excluding hydrogens is 338 g/mol. The average molecular weight is 359 g/mol. The number of benzene rings is 1. The Morgan fingerprint density at radius 1 is 1.12 bits per heavy atom. The highest BCUT2D eigenvalue weighted by molar-refractivity contribution is 7.98. The summed E-state index contributed by atoms with van der Waals surface area (Å²) >= 11 is 1.46. The van der Waals surface area contributed by atoms with E-state index in [0.29, 0.717) is 16.5 Å². The number of hydrogen-bond donors (Lipinski definition) is 0. The summed E-state index contributed by atoms with van der Waals surface area (Å²) in [6.45, 7) is 3.57. The van der Waals surface area contributed by atoms with Gasteiger partial charge in [0, 0.05) is 31.2 Å². The second kappa shape index (κ2) is 8.62. The lowest BCUT2D eigenvalue weighted by molar-refractivity contribution is -0.131. The van der Waals surface area contributed by atoms with Crippen molar-refractivity contribution in [3.8, 4) is 0 Å². The van der Waals surface area contributed by atoms with Crippen molar-refractivity contribution in [2.24, 2.45) is 0 Å². The maximum Gasteiger partial charge on any atom is 0.338 e. The van der Waals surface area contributed by atoms with Gasteiger partial charge in [-0.3, -0.25) is 4.79 Å². The fourth-order valence-electron chi connectivity index (χ4n) is 2.08. The number of amides is 1. The number of hydrogen-bond acceptors (Lipinski definition) is 6. The van der Waals surface area contributed by atoms with E-state index < -0.39 is 5.97 Å². The molecule has 7 heteroatoms. The zero-order valence-electron chi connectivity index (χ0n) is 14.8. The van der Waals surface area contributed by atoms with Crippen LogP contribution >= 0.6 is 11.8 Å². The Morgan fingerprint density at radius 2 is 1.76 bits per heavy atom. The van der Waals surface area contributed by atoms with Crippen molar-refractivity contribution in [2.45, 2.75) is 24.8 Å². The maximum absolute atomic E-state index is 12.3. The number of thioether (sulfide) groups is 1. The molecule has 132 valence electrons. The fourth-order valence-corrected chi connectivity index (χ4v) is 3.03. The van der Waals surface area contributed by atoms with Gasteiger partial charge in [0.05, 0.1) is 5.56 Å². The molecule has 0 radical (unpaired) electrons. The lowest BCUT2D eigenvalue weighted by atomic mass is 10.1. The molecular formula is C18H21N3O3S. The molecule has 0 aliphatic heterocycles. The third-order valence-corrected chi connectivity index (χ3v) is 4.28. The van der Waals surface area contributed by atoms with Gasteiger partial charge >= 0.3 is 5.97 Å². The molecule has 0 saturated carbocycles. The summed E-state index contributed by atoms with van der Waals surface area (Å²) in [6, 6.07) is 9.10. The normalized spacial score (nSPS) is 10.4. The molecule has 0 spiro atoms. The first kappa shape index (κ1) is 18.9.